The van der Waals surface area contributed by atoms with Crippen LogP contribution >= 0.6 is 11.3 Å². The van der Waals surface area contributed by atoms with Crippen LogP contribution in [0.1, 0.15) is 30.2 Å². The first kappa shape index (κ1) is 17.6. The van der Waals surface area contributed by atoms with Crippen molar-refractivity contribution < 1.29 is 13.2 Å². The maximum atomic E-state index is 12.6. The van der Waals surface area contributed by atoms with Crippen LogP contribution in [0.3, 0.4) is 0 Å². The Bertz CT molecular complexity index is 746. The molecule has 0 saturated carbocycles. The van der Waals surface area contributed by atoms with Gasteiger partial charge in [0.05, 0.1) is 4.90 Å². The quantitative estimate of drug-likeness (QED) is 0.854. The highest BCUT2D eigenvalue weighted by Crippen LogP contribution is 2.37. The standard InChI is InChI=1S/C18H23NO3S2/c1-2-15-5-7-16(8-6-15)24(20,21)19-14-18(9-11-22-12-10-18)17-4-3-13-23-17/h3-8,13,19H,2,9-12,14H2,1H3. The van der Waals surface area contributed by atoms with Crippen molar-refractivity contribution in [1.82, 2.24) is 4.72 Å². The van der Waals surface area contributed by atoms with Crippen LogP contribution in [0, 0.1) is 0 Å². The molecule has 1 aromatic heterocycles. The van der Waals surface area contributed by atoms with Crippen LogP contribution in [-0.2, 0) is 26.6 Å². The molecule has 2 heterocycles. The third-order valence-corrected chi connectivity index (χ3v) is 7.27. The lowest BCUT2D eigenvalue weighted by atomic mass is 9.79. The summed E-state index contributed by atoms with van der Waals surface area (Å²) in [6, 6.07) is 11.2. The van der Waals surface area contributed by atoms with Crippen molar-refractivity contribution in [1.29, 1.82) is 0 Å². The van der Waals surface area contributed by atoms with Crippen LogP contribution in [0.2, 0.25) is 0 Å². The fourth-order valence-electron chi connectivity index (χ4n) is 3.07. The molecule has 0 aliphatic carbocycles. The second kappa shape index (κ2) is 7.35. The molecule has 1 saturated heterocycles. The van der Waals surface area contributed by atoms with Crippen LogP contribution in [0.5, 0.6) is 0 Å². The van der Waals surface area contributed by atoms with Crippen LogP contribution < -0.4 is 4.72 Å². The molecule has 2 aromatic rings. The lowest BCUT2D eigenvalue weighted by molar-refractivity contribution is 0.0529. The summed E-state index contributed by atoms with van der Waals surface area (Å²) in [7, 11) is -3.50. The minimum Gasteiger partial charge on any atom is -0.381 e. The Labute approximate surface area is 147 Å². The summed E-state index contributed by atoms with van der Waals surface area (Å²) in [4.78, 5) is 1.56. The number of hydrogen-bond donors (Lipinski definition) is 1. The van der Waals surface area contributed by atoms with Crippen LogP contribution in [0.4, 0.5) is 0 Å². The minimum atomic E-state index is -3.50. The van der Waals surface area contributed by atoms with E-state index in [-0.39, 0.29) is 5.41 Å². The molecule has 1 aromatic carbocycles. The van der Waals surface area contributed by atoms with Gasteiger partial charge in [-0.1, -0.05) is 25.1 Å². The molecule has 130 valence electrons. The van der Waals surface area contributed by atoms with E-state index in [1.807, 2.05) is 23.6 Å². The molecule has 6 heteroatoms. The smallest absolute Gasteiger partial charge is 0.240 e. The van der Waals surface area contributed by atoms with Crippen molar-refractivity contribution in [3.63, 3.8) is 0 Å². The Morgan fingerprint density at radius 1 is 1.17 bits per heavy atom. The van der Waals surface area contributed by atoms with Crippen molar-refractivity contribution in [3.05, 3.63) is 52.2 Å². The highest BCUT2D eigenvalue weighted by Gasteiger charge is 2.36. The van der Waals surface area contributed by atoms with Gasteiger partial charge >= 0.3 is 0 Å². The van der Waals surface area contributed by atoms with E-state index in [1.165, 1.54) is 4.88 Å². The zero-order valence-electron chi connectivity index (χ0n) is 13.8. The first-order chi connectivity index (χ1) is 11.6. The van der Waals surface area contributed by atoms with Crippen molar-refractivity contribution in [2.75, 3.05) is 19.8 Å². The largest absolute Gasteiger partial charge is 0.381 e. The van der Waals surface area contributed by atoms with Gasteiger partial charge in [0.15, 0.2) is 0 Å². The van der Waals surface area contributed by atoms with E-state index >= 15 is 0 Å². The van der Waals surface area contributed by atoms with Crippen molar-refractivity contribution >= 4 is 21.4 Å². The fraction of sp³-hybridized carbons (Fsp3) is 0.444. The van der Waals surface area contributed by atoms with E-state index in [1.54, 1.807) is 23.5 Å². The van der Waals surface area contributed by atoms with E-state index in [2.05, 4.69) is 17.7 Å². The predicted octanol–water partition coefficient (Wildman–Crippen LogP) is 3.34. The topological polar surface area (TPSA) is 55.4 Å². The fourth-order valence-corrected chi connectivity index (χ4v) is 5.19. The molecular formula is C18H23NO3S2. The van der Waals surface area contributed by atoms with Gasteiger partial charge in [0.1, 0.15) is 0 Å². The molecule has 0 bridgehead atoms. The molecule has 1 N–H and O–H groups in total. The summed E-state index contributed by atoms with van der Waals surface area (Å²) in [5.74, 6) is 0. The van der Waals surface area contributed by atoms with E-state index in [0.717, 1.165) is 24.8 Å². The number of sulfonamides is 1. The van der Waals surface area contributed by atoms with Gasteiger partial charge in [-0.15, -0.1) is 11.3 Å². The highest BCUT2D eigenvalue weighted by atomic mass is 32.2. The molecule has 0 radical (unpaired) electrons. The van der Waals surface area contributed by atoms with E-state index in [0.29, 0.717) is 24.7 Å². The third-order valence-electron chi connectivity index (χ3n) is 4.74. The number of nitrogens with one attached hydrogen (secondary N) is 1. The molecule has 4 nitrogen and oxygen atoms in total. The lowest BCUT2D eigenvalue weighted by Crippen LogP contribution is -2.44. The van der Waals surface area contributed by atoms with Gasteiger partial charge in [0.2, 0.25) is 10.0 Å². The number of aryl methyl sites for hydroxylation is 1. The van der Waals surface area contributed by atoms with Gasteiger partial charge in [0.25, 0.3) is 0 Å². The number of rotatable bonds is 6. The maximum Gasteiger partial charge on any atom is 0.240 e. The summed E-state index contributed by atoms with van der Waals surface area (Å²) < 4.78 is 33.6. The Morgan fingerprint density at radius 3 is 2.46 bits per heavy atom. The second-order valence-corrected chi connectivity index (χ2v) is 8.91. The van der Waals surface area contributed by atoms with Gasteiger partial charge in [-0.25, -0.2) is 13.1 Å². The van der Waals surface area contributed by atoms with E-state index in [9.17, 15) is 8.42 Å². The zero-order chi connectivity index (χ0) is 17.0. The summed E-state index contributed by atoms with van der Waals surface area (Å²) in [5.41, 5.74) is 0.969. The summed E-state index contributed by atoms with van der Waals surface area (Å²) >= 11 is 1.69. The van der Waals surface area contributed by atoms with Gasteiger partial charge in [-0.2, -0.15) is 0 Å². The lowest BCUT2D eigenvalue weighted by Gasteiger charge is -2.36. The van der Waals surface area contributed by atoms with Crippen molar-refractivity contribution in [2.45, 2.75) is 36.5 Å². The molecule has 24 heavy (non-hydrogen) atoms. The summed E-state index contributed by atoms with van der Waals surface area (Å²) in [6.07, 6.45) is 2.57. The molecular weight excluding hydrogens is 342 g/mol. The Kier molecular flexibility index (Phi) is 5.39. The normalized spacial score (nSPS) is 17.7. The maximum absolute atomic E-state index is 12.6. The van der Waals surface area contributed by atoms with Crippen LogP contribution in [-0.4, -0.2) is 28.2 Å². The second-order valence-electron chi connectivity index (χ2n) is 6.19. The van der Waals surface area contributed by atoms with Gasteiger partial charge in [-0.05, 0) is 48.4 Å². The minimum absolute atomic E-state index is 0.164. The average Bonchev–Trinajstić information content (AvgIpc) is 3.16. The number of ether oxygens (including phenoxy) is 1. The van der Waals surface area contributed by atoms with Crippen LogP contribution in [0.25, 0.3) is 0 Å². The zero-order valence-corrected chi connectivity index (χ0v) is 15.5. The first-order valence-corrected chi connectivity index (χ1v) is 10.6. The van der Waals surface area contributed by atoms with Gasteiger partial charge < -0.3 is 4.74 Å². The number of benzene rings is 1. The molecule has 1 fully saturated rings. The molecule has 1 aliphatic rings. The first-order valence-electron chi connectivity index (χ1n) is 8.26. The van der Waals surface area contributed by atoms with Gasteiger partial charge in [0, 0.05) is 30.1 Å². The van der Waals surface area contributed by atoms with Crippen molar-refractivity contribution in [2.24, 2.45) is 0 Å². The summed E-state index contributed by atoms with van der Waals surface area (Å²) in [5, 5.41) is 2.05. The van der Waals surface area contributed by atoms with Gasteiger partial charge in [-0.3, -0.25) is 0 Å². The predicted molar refractivity (Wildman–Crippen MR) is 97.1 cm³/mol. The third kappa shape index (κ3) is 3.72. The van der Waals surface area contributed by atoms with E-state index < -0.39 is 10.0 Å². The number of thiophene rings is 1. The highest BCUT2D eigenvalue weighted by molar-refractivity contribution is 7.89. The van der Waals surface area contributed by atoms with Crippen LogP contribution in [0.15, 0.2) is 46.7 Å². The Morgan fingerprint density at radius 2 is 1.88 bits per heavy atom. The SMILES string of the molecule is CCc1ccc(S(=O)(=O)NCC2(c3cccs3)CCOCC2)cc1. The number of hydrogen-bond acceptors (Lipinski definition) is 4. The molecule has 0 unspecified atom stereocenters. The summed E-state index contributed by atoms with van der Waals surface area (Å²) in [6.45, 7) is 3.81. The monoisotopic (exact) mass is 365 g/mol. The Hall–Kier alpha value is -1.21. The average molecular weight is 366 g/mol. The molecule has 0 atom stereocenters. The Balaban J connectivity index is 1.78. The molecule has 3 rings (SSSR count). The molecule has 1 aliphatic heterocycles. The van der Waals surface area contributed by atoms with Crippen molar-refractivity contribution in [3.8, 4) is 0 Å². The van der Waals surface area contributed by atoms with E-state index in [4.69, 9.17) is 4.74 Å². The molecule has 0 amide bonds. The molecule has 0 spiro atoms.